The first kappa shape index (κ1) is 17.0. The molecule has 1 atom stereocenters. The van der Waals surface area contributed by atoms with Crippen LogP contribution in [-0.4, -0.2) is 45.6 Å². The molecule has 1 aromatic carbocycles. The Morgan fingerprint density at radius 1 is 1.27 bits per heavy atom. The van der Waals surface area contributed by atoms with Crippen LogP contribution in [0.15, 0.2) is 39.1 Å². The number of hydrogen-bond donors (Lipinski definition) is 1. The van der Waals surface area contributed by atoms with E-state index < -0.39 is 5.91 Å². The van der Waals surface area contributed by atoms with E-state index in [2.05, 4.69) is 37.8 Å². The zero-order valence-corrected chi connectivity index (χ0v) is 15.6. The lowest BCUT2D eigenvalue weighted by Gasteiger charge is -2.13. The van der Waals surface area contributed by atoms with E-state index in [1.165, 1.54) is 28.7 Å². The summed E-state index contributed by atoms with van der Waals surface area (Å²) in [6, 6.07) is 10.7. The van der Waals surface area contributed by atoms with Gasteiger partial charge < -0.3 is 9.32 Å². The van der Waals surface area contributed by atoms with Crippen molar-refractivity contribution in [2.75, 3.05) is 29.6 Å². The number of rotatable bonds is 5. The Bertz CT molecular complexity index is 897. The lowest BCUT2D eigenvalue weighted by atomic mass is 9.99. The van der Waals surface area contributed by atoms with E-state index >= 15 is 0 Å². The summed E-state index contributed by atoms with van der Waals surface area (Å²) in [7, 11) is 0. The van der Waals surface area contributed by atoms with Crippen molar-refractivity contribution in [3.05, 3.63) is 41.8 Å². The van der Waals surface area contributed by atoms with Gasteiger partial charge in [0, 0.05) is 19.0 Å². The van der Waals surface area contributed by atoms with Crippen molar-refractivity contribution in [2.24, 2.45) is 0 Å². The van der Waals surface area contributed by atoms with Gasteiger partial charge in [0.25, 0.3) is 0 Å². The maximum absolute atomic E-state index is 12.2. The molecule has 1 aliphatic rings. The Hall–Kier alpha value is -2.46. The van der Waals surface area contributed by atoms with E-state index in [0.29, 0.717) is 17.1 Å². The zero-order chi connectivity index (χ0) is 17.9. The fourth-order valence-electron chi connectivity index (χ4n) is 2.86. The van der Waals surface area contributed by atoms with Gasteiger partial charge in [0.15, 0.2) is 4.34 Å². The van der Waals surface area contributed by atoms with Gasteiger partial charge in [0.2, 0.25) is 5.13 Å². The molecule has 8 nitrogen and oxygen atoms in total. The van der Waals surface area contributed by atoms with Crippen molar-refractivity contribution in [2.45, 2.75) is 16.7 Å². The second kappa shape index (κ2) is 7.42. The number of amides is 1. The molecule has 3 aromatic rings. The smallest absolute Gasteiger partial charge is 0.318 e. The highest BCUT2D eigenvalue weighted by Crippen LogP contribution is 2.30. The number of thioether (sulfide) groups is 1. The van der Waals surface area contributed by atoms with Crippen LogP contribution >= 0.6 is 23.1 Å². The first-order valence-electron chi connectivity index (χ1n) is 8.05. The molecule has 2 aromatic heterocycles. The topological polar surface area (TPSA) is 97.0 Å². The monoisotopic (exact) mass is 388 g/mol. The van der Waals surface area contributed by atoms with Crippen molar-refractivity contribution in [1.82, 2.24) is 20.4 Å². The van der Waals surface area contributed by atoms with E-state index in [-0.39, 0.29) is 5.89 Å². The van der Waals surface area contributed by atoms with E-state index in [4.69, 9.17) is 4.42 Å². The highest BCUT2D eigenvalue weighted by molar-refractivity contribution is 8.00. The molecule has 1 saturated heterocycles. The van der Waals surface area contributed by atoms with Crippen LogP contribution in [0.4, 0.5) is 11.1 Å². The third-order valence-corrected chi connectivity index (χ3v) is 5.95. The highest BCUT2D eigenvalue weighted by Gasteiger charge is 2.28. The van der Waals surface area contributed by atoms with Gasteiger partial charge in [-0.15, -0.1) is 15.3 Å². The number of carbonyl (C=O) groups is 1. The van der Waals surface area contributed by atoms with Crippen molar-refractivity contribution in [1.29, 1.82) is 0 Å². The fourth-order valence-corrected chi connectivity index (χ4v) is 4.02. The summed E-state index contributed by atoms with van der Waals surface area (Å²) in [6.45, 7) is 1.61. The average Bonchev–Trinajstić information content (AvgIpc) is 3.42. The number of carbonyl (C=O) groups excluding carboxylic acids is 1. The SMILES string of the molecule is CSc1nnc(NC(=O)c2nnc(N3CCC(c4ccccc4)C3)o2)s1. The number of nitrogens with one attached hydrogen (secondary N) is 1. The van der Waals surface area contributed by atoms with Gasteiger partial charge in [-0.3, -0.25) is 10.1 Å². The normalized spacial score (nSPS) is 16.8. The molecule has 10 heteroatoms. The maximum Gasteiger partial charge on any atom is 0.318 e. The summed E-state index contributed by atoms with van der Waals surface area (Å²) in [5.74, 6) is -0.137. The summed E-state index contributed by atoms with van der Waals surface area (Å²) in [6.07, 6.45) is 2.91. The number of hydrogen-bond acceptors (Lipinski definition) is 9. The third-order valence-electron chi connectivity index (χ3n) is 4.14. The van der Waals surface area contributed by atoms with E-state index in [1.54, 1.807) is 0 Å². The average molecular weight is 388 g/mol. The Kier molecular flexibility index (Phi) is 4.85. The largest absolute Gasteiger partial charge is 0.399 e. The van der Waals surface area contributed by atoms with Gasteiger partial charge in [-0.25, -0.2) is 0 Å². The van der Waals surface area contributed by atoms with Crippen LogP contribution in [-0.2, 0) is 0 Å². The predicted molar refractivity (Wildman–Crippen MR) is 100.0 cm³/mol. The minimum atomic E-state index is -0.480. The minimum Gasteiger partial charge on any atom is -0.399 e. The molecule has 0 radical (unpaired) electrons. The standard InChI is InChI=1S/C16H16N6O2S2/c1-25-16-21-19-14(26-16)17-12(23)13-18-20-15(24-13)22-8-7-11(9-22)10-5-3-2-4-6-10/h2-6,11H,7-9H2,1H3,(H,17,19,23). The first-order chi connectivity index (χ1) is 12.7. The molecular weight excluding hydrogens is 372 g/mol. The van der Waals surface area contributed by atoms with Crippen LogP contribution < -0.4 is 10.2 Å². The van der Waals surface area contributed by atoms with Gasteiger partial charge >= 0.3 is 17.8 Å². The molecule has 4 rings (SSSR count). The van der Waals surface area contributed by atoms with Gasteiger partial charge in [0.05, 0.1) is 0 Å². The Balaban J connectivity index is 1.41. The fraction of sp³-hybridized carbons (Fsp3) is 0.312. The summed E-state index contributed by atoms with van der Waals surface area (Å²) in [4.78, 5) is 14.2. The highest BCUT2D eigenvalue weighted by atomic mass is 32.2. The van der Waals surface area contributed by atoms with Crippen molar-refractivity contribution < 1.29 is 9.21 Å². The van der Waals surface area contributed by atoms with Crippen LogP contribution in [0, 0.1) is 0 Å². The molecule has 1 N–H and O–H groups in total. The summed E-state index contributed by atoms with van der Waals surface area (Å²) in [5, 5.41) is 18.7. The number of nitrogens with zero attached hydrogens (tertiary/aromatic N) is 5. The zero-order valence-electron chi connectivity index (χ0n) is 14.0. The lowest BCUT2D eigenvalue weighted by molar-refractivity contribution is 0.0990. The molecule has 1 unspecified atom stereocenters. The number of aromatic nitrogens is 4. The molecule has 1 amide bonds. The minimum absolute atomic E-state index is 0.0796. The third kappa shape index (κ3) is 3.56. The molecule has 26 heavy (non-hydrogen) atoms. The van der Waals surface area contributed by atoms with Crippen LogP contribution in [0.3, 0.4) is 0 Å². The van der Waals surface area contributed by atoms with Crippen LogP contribution in [0.5, 0.6) is 0 Å². The predicted octanol–water partition coefficient (Wildman–Crippen LogP) is 2.89. The molecule has 0 aliphatic carbocycles. The van der Waals surface area contributed by atoms with E-state index in [9.17, 15) is 4.79 Å². The van der Waals surface area contributed by atoms with Gasteiger partial charge in [-0.05, 0) is 18.2 Å². The second-order valence-corrected chi connectivity index (χ2v) is 7.79. The van der Waals surface area contributed by atoms with Crippen LogP contribution in [0.25, 0.3) is 0 Å². The Morgan fingerprint density at radius 2 is 2.12 bits per heavy atom. The second-order valence-electron chi connectivity index (χ2n) is 5.76. The van der Waals surface area contributed by atoms with Gasteiger partial charge in [-0.2, -0.15) is 0 Å². The van der Waals surface area contributed by atoms with Crippen molar-refractivity contribution in [3.63, 3.8) is 0 Å². The van der Waals surface area contributed by atoms with Crippen molar-refractivity contribution >= 4 is 40.2 Å². The van der Waals surface area contributed by atoms with Crippen molar-refractivity contribution in [3.8, 4) is 0 Å². The van der Waals surface area contributed by atoms with E-state index in [1.807, 2.05) is 29.4 Å². The molecule has 1 aliphatic heterocycles. The molecular formula is C16H16N6O2S2. The maximum atomic E-state index is 12.2. The molecule has 0 saturated carbocycles. The first-order valence-corrected chi connectivity index (χ1v) is 10.1. The molecule has 1 fully saturated rings. The molecule has 134 valence electrons. The molecule has 0 bridgehead atoms. The number of benzene rings is 1. The lowest BCUT2D eigenvalue weighted by Crippen LogP contribution is -2.19. The Labute approximate surface area is 158 Å². The molecule has 0 spiro atoms. The van der Waals surface area contributed by atoms with E-state index in [0.717, 1.165) is 23.8 Å². The quantitative estimate of drug-likeness (QED) is 0.526. The molecule has 3 heterocycles. The van der Waals surface area contributed by atoms with Gasteiger partial charge in [-0.1, -0.05) is 58.5 Å². The summed E-state index contributed by atoms with van der Waals surface area (Å²) in [5.41, 5.74) is 1.30. The summed E-state index contributed by atoms with van der Waals surface area (Å²) >= 11 is 2.76. The number of anilines is 2. The summed E-state index contributed by atoms with van der Waals surface area (Å²) < 4.78 is 6.34. The Morgan fingerprint density at radius 3 is 2.88 bits per heavy atom. The van der Waals surface area contributed by atoms with Crippen LogP contribution in [0.1, 0.15) is 28.6 Å². The van der Waals surface area contributed by atoms with Gasteiger partial charge in [0.1, 0.15) is 0 Å². The van der Waals surface area contributed by atoms with Crippen LogP contribution in [0.2, 0.25) is 0 Å².